The van der Waals surface area contributed by atoms with Crippen LogP contribution in [0.1, 0.15) is 68.9 Å². The minimum atomic E-state index is -0.243. The number of nitrogens with zero attached hydrogens (tertiary/aromatic N) is 1. The largest absolute Gasteiger partial charge is 0.378 e. The van der Waals surface area contributed by atoms with E-state index in [4.69, 9.17) is 19.2 Å². The van der Waals surface area contributed by atoms with Crippen molar-refractivity contribution in [2.24, 2.45) is 0 Å². The molecule has 1 aliphatic carbocycles. The first-order valence-electron chi connectivity index (χ1n) is 7.64. The van der Waals surface area contributed by atoms with Crippen LogP contribution in [0.25, 0.3) is 0 Å². The summed E-state index contributed by atoms with van der Waals surface area (Å²) in [6.07, 6.45) is 5.92. The summed E-state index contributed by atoms with van der Waals surface area (Å²) in [6, 6.07) is 0. The molecule has 2 heterocycles. The van der Waals surface area contributed by atoms with E-state index in [9.17, 15) is 0 Å². The minimum absolute atomic E-state index is 0.0898. The van der Waals surface area contributed by atoms with Gasteiger partial charge in [0.2, 0.25) is 6.29 Å². The minimum Gasteiger partial charge on any atom is -0.378 e. The molecular weight excluding hydrogens is 274 g/mol. The Morgan fingerprint density at radius 2 is 2.25 bits per heavy atom. The van der Waals surface area contributed by atoms with E-state index in [-0.39, 0.29) is 12.6 Å². The van der Waals surface area contributed by atoms with E-state index >= 15 is 0 Å². The molecule has 0 unspecified atom stereocenters. The van der Waals surface area contributed by atoms with Crippen LogP contribution in [0.3, 0.4) is 0 Å². The molecule has 1 aromatic heterocycles. The van der Waals surface area contributed by atoms with Crippen LogP contribution >= 0.6 is 11.3 Å². The summed E-state index contributed by atoms with van der Waals surface area (Å²) in [6.45, 7) is 5.00. The van der Waals surface area contributed by atoms with Crippen LogP contribution in [-0.2, 0) is 14.2 Å². The normalized spacial score (nSPS) is 33.3. The topological polar surface area (TPSA) is 40.6 Å². The van der Waals surface area contributed by atoms with Gasteiger partial charge in [-0.2, -0.15) is 0 Å². The highest BCUT2D eigenvalue weighted by Crippen LogP contribution is 2.39. The molecule has 0 bridgehead atoms. The molecule has 1 aromatic rings. The monoisotopic (exact) mass is 297 g/mol. The lowest BCUT2D eigenvalue weighted by molar-refractivity contribution is -0.383. The summed E-state index contributed by atoms with van der Waals surface area (Å²) in [7, 11) is 0. The predicted octanol–water partition coefficient (Wildman–Crippen LogP) is 3.99. The summed E-state index contributed by atoms with van der Waals surface area (Å²) in [4.78, 5) is 4.69. The molecule has 0 spiro atoms. The van der Waals surface area contributed by atoms with Crippen molar-refractivity contribution in [1.82, 2.24) is 4.98 Å². The lowest BCUT2D eigenvalue weighted by Crippen LogP contribution is -2.31. The van der Waals surface area contributed by atoms with Gasteiger partial charge in [-0.05, 0) is 32.6 Å². The van der Waals surface area contributed by atoms with Crippen molar-refractivity contribution in [3.8, 4) is 0 Å². The zero-order valence-electron chi connectivity index (χ0n) is 12.2. The maximum Gasteiger partial charge on any atom is 0.207 e. The third-order valence-electron chi connectivity index (χ3n) is 4.00. The van der Waals surface area contributed by atoms with E-state index < -0.39 is 0 Å². The molecule has 4 nitrogen and oxygen atoms in total. The zero-order valence-corrected chi connectivity index (χ0v) is 13.0. The molecule has 0 amide bonds. The SMILES string of the molecule is CCCCO[C@@H]1CC[C@H](c2nc(C3OC(C)O3)cs2)C1. The van der Waals surface area contributed by atoms with Gasteiger partial charge >= 0.3 is 0 Å². The van der Waals surface area contributed by atoms with Gasteiger partial charge in [0.15, 0.2) is 6.29 Å². The highest BCUT2D eigenvalue weighted by Gasteiger charge is 2.33. The number of unbranched alkanes of at least 4 members (excludes halogenated alkanes) is 1. The second-order valence-corrected chi connectivity index (χ2v) is 6.53. The van der Waals surface area contributed by atoms with Gasteiger partial charge in [-0.15, -0.1) is 11.3 Å². The number of ether oxygens (including phenoxy) is 3. The highest BCUT2D eigenvalue weighted by atomic mass is 32.1. The number of thiazole rings is 1. The van der Waals surface area contributed by atoms with Gasteiger partial charge < -0.3 is 14.2 Å². The first kappa shape index (κ1) is 14.4. The molecule has 5 heteroatoms. The van der Waals surface area contributed by atoms with Crippen molar-refractivity contribution >= 4 is 11.3 Å². The number of hydrogen-bond acceptors (Lipinski definition) is 5. The lowest BCUT2D eigenvalue weighted by Gasteiger charge is -2.32. The molecule has 2 aliphatic rings. The third kappa shape index (κ3) is 3.22. The molecule has 20 heavy (non-hydrogen) atoms. The Morgan fingerprint density at radius 1 is 1.40 bits per heavy atom. The molecule has 0 radical (unpaired) electrons. The molecule has 2 fully saturated rings. The smallest absolute Gasteiger partial charge is 0.207 e. The average molecular weight is 297 g/mol. The van der Waals surface area contributed by atoms with Crippen LogP contribution < -0.4 is 0 Å². The summed E-state index contributed by atoms with van der Waals surface area (Å²) in [5, 5.41) is 3.28. The molecule has 3 rings (SSSR count). The second-order valence-electron chi connectivity index (χ2n) is 5.64. The lowest BCUT2D eigenvalue weighted by atomic mass is 10.1. The maximum atomic E-state index is 5.92. The molecular formula is C15H23NO3S. The fourth-order valence-electron chi connectivity index (χ4n) is 2.80. The number of rotatable bonds is 6. The standard InChI is InChI=1S/C15H23NO3S/c1-3-4-7-17-12-6-5-11(8-12)14-16-13(9-20-14)15-18-10(2)19-15/h9-12,15H,3-8H2,1-2H3/t10?,11-,12+,15?/m0/s1. The van der Waals surface area contributed by atoms with Crippen molar-refractivity contribution in [3.05, 3.63) is 16.1 Å². The molecule has 2 atom stereocenters. The maximum absolute atomic E-state index is 5.92. The van der Waals surface area contributed by atoms with Gasteiger partial charge in [0, 0.05) is 17.9 Å². The van der Waals surface area contributed by atoms with Crippen molar-refractivity contribution in [2.75, 3.05) is 6.61 Å². The average Bonchev–Trinajstić information content (AvgIpc) is 3.04. The Kier molecular flexibility index (Phi) is 4.71. The number of aromatic nitrogens is 1. The van der Waals surface area contributed by atoms with E-state index in [0.717, 1.165) is 31.6 Å². The van der Waals surface area contributed by atoms with Crippen LogP contribution in [0, 0.1) is 0 Å². The van der Waals surface area contributed by atoms with Crippen molar-refractivity contribution in [2.45, 2.75) is 70.6 Å². The van der Waals surface area contributed by atoms with Crippen LogP contribution in [0.4, 0.5) is 0 Å². The zero-order chi connectivity index (χ0) is 13.9. The molecule has 0 aromatic carbocycles. The van der Waals surface area contributed by atoms with E-state index in [1.54, 1.807) is 11.3 Å². The first-order valence-corrected chi connectivity index (χ1v) is 8.52. The van der Waals surface area contributed by atoms with Gasteiger partial charge in [-0.1, -0.05) is 13.3 Å². The van der Waals surface area contributed by atoms with E-state index in [1.807, 2.05) is 6.92 Å². The first-order chi connectivity index (χ1) is 9.76. The molecule has 1 aliphatic heterocycles. The van der Waals surface area contributed by atoms with E-state index in [0.29, 0.717) is 12.0 Å². The van der Waals surface area contributed by atoms with Crippen LogP contribution in [-0.4, -0.2) is 24.0 Å². The molecule has 1 saturated carbocycles. The van der Waals surface area contributed by atoms with Crippen LogP contribution in [0.15, 0.2) is 5.38 Å². The summed E-state index contributed by atoms with van der Waals surface area (Å²) in [5.41, 5.74) is 0.929. The van der Waals surface area contributed by atoms with Crippen LogP contribution in [0.2, 0.25) is 0 Å². The van der Waals surface area contributed by atoms with E-state index in [1.165, 1.54) is 17.8 Å². The van der Waals surface area contributed by atoms with Crippen molar-refractivity contribution in [1.29, 1.82) is 0 Å². The quantitative estimate of drug-likeness (QED) is 0.744. The Labute approximate surface area is 124 Å². The number of hydrogen-bond donors (Lipinski definition) is 0. The van der Waals surface area contributed by atoms with Gasteiger partial charge in [0.05, 0.1) is 11.1 Å². The summed E-state index contributed by atoms with van der Waals surface area (Å²) in [5.74, 6) is 0.554. The summed E-state index contributed by atoms with van der Waals surface area (Å²) >= 11 is 1.73. The fraction of sp³-hybridized carbons (Fsp3) is 0.800. The predicted molar refractivity (Wildman–Crippen MR) is 77.7 cm³/mol. The molecule has 1 saturated heterocycles. The van der Waals surface area contributed by atoms with Gasteiger partial charge in [-0.25, -0.2) is 4.98 Å². The molecule has 112 valence electrons. The summed E-state index contributed by atoms with van der Waals surface area (Å²) < 4.78 is 16.9. The molecule has 0 N–H and O–H groups in total. The van der Waals surface area contributed by atoms with Crippen molar-refractivity contribution < 1.29 is 14.2 Å². The van der Waals surface area contributed by atoms with Gasteiger partial charge in [-0.3, -0.25) is 0 Å². The second kappa shape index (κ2) is 6.52. The Balaban J connectivity index is 1.50. The van der Waals surface area contributed by atoms with Gasteiger partial charge in [0.25, 0.3) is 0 Å². The Bertz CT molecular complexity index is 431. The highest BCUT2D eigenvalue weighted by molar-refractivity contribution is 7.09. The third-order valence-corrected chi connectivity index (χ3v) is 5.02. The Hall–Kier alpha value is -0.490. The van der Waals surface area contributed by atoms with Crippen molar-refractivity contribution in [3.63, 3.8) is 0 Å². The fourth-order valence-corrected chi connectivity index (χ4v) is 3.77. The van der Waals surface area contributed by atoms with Gasteiger partial charge in [0.1, 0.15) is 5.69 Å². The van der Waals surface area contributed by atoms with E-state index in [2.05, 4.69) is 12.3 Å². The van der Waals surface area contributed by atoms with Crippen LogP contribution in [0.5, 0.6) is 0 Å². The Morgan fingerprint density at radius 3 is 3.00 bits per heavy atom.